The van der Waals surface area contributed by atoms with E-state index in [9.17, 15) is 4.79 Å². The molecule has 0 unspecified atom stereocenters. The largest absolute Gasteiger partial charge is 0.346 e. The number of hydrogen-bond donors (Lipinski definition) is 0. The van der Waals surface area contributed by atoms with Gasteiger partial charge in [-0.3, -0.25) is 4.79 Å². The maximum Gasteiger partial charge on any atom is 0.264 e. The van der Waals surface area contributed by atoms with Crippen molar-refractivity contribution in [1.29, 1.82) is 0 Å². The number of fused-ring (bicyclic) bond motifs is 1. The molecule has 1 amide bonds. The number of rotatable bonds is 1. The molecule has 3 aliphatic rings. The summed E-state index contributed by atoms with van der Waals surface area (Å²) in [4.78, 5) is 17.0. The van der Waals surface area contributed by atoms with E-state index in [-0.39, 0.29) is 5.91 Å². The number of thioether (sulfide) groups is 1. The Labute approximate surface area is 132 Å². The van der Waals surface area contributed by atoms with Crippen molar-refractivity contribution in [3.8, 4) is 0 Å². The van der Waals surface area contributed by atoms with Crippen molar-refractivity contribution in [3.05, 3.63) is 21.4 Å². The summed E-state index contributed by atoms with van der Waals surface area (Å²) in [6, 6.07) is 2.10. The molecule has 0 N–H and O–H groups in total. The van der Waals surface area contributed by atoms with Crippen LogP contribution in [0.15, 0.2) is 6.07 Å². The van der Waals surface area contributed by atoms with Gasteiger partial charge in [0.25, 0.3) is 5.91 Å². The summed E-state index contributed by atoms with van der Waals surface area (Å²) >= 11 is 3.64. The standard InChI is InChI=1S/C15H19NO3S2/c17-14(13-8-11-9-20-7-2-12(11)21-13)16-4-1-3-15(10-16)18-5-6-19-15/h8H,1-7,9-10H2. The van der Waals surface area contributed by atoms with Crippen LogP contribution in [0.25, 0.3) is 0 Å². The molecule has 21 heavy (non-hydrogen) atoms. The topological polar surface area (TPSA) is 38.8 Å². The quantitative estimate of drug-likeness (QED) is 0.795. The average Bonchev–Trinajstić information content (AvgIpc) is 3.13. The first-order valence-corrected chi connectivity index (χ1v) is 9.49. The number of carbonyl (C=O) groups excluding carboxylic acids is 1. The van der Waals surface area contributed by atoms with Crippen LogP contribution >= 0.6 is 23.1 Å². The fraction of sp³-hybridized carbons (Fsp3) is 0.667. The number of likely N-dealkylation sites (tertiary alicyclic amines) is 1. The molecule has 0 aliphatic carbocycles. The molecule has 0 radical (unpaired) electrons. The lowest BCUT2D eigenvalue weighted by Gasteiger charge is -2.38. The smallest absolute Gasteiger partial charge is 0.264 e. The van der Waals surface area contributed by atoms with Crippen LogP contribution in [0, 0.1) is 0 Å². The molecule has 4 heterocycles. The van der Waals surface area contributed by atoms with Crippen molar-refractivity contribution < 1.29 is 14.3 Å². The van der Waals surface area contributed by atoms with E-state index in [1.807, 2.05) is 16.7 Å². The first-order valence-electron chi connectivity index (χ1n) is 7.52. The second-order valence-electron chi connectivity index (χ2n) is 5.80. The third-order valence-electron chi connectivity index (χ3n) is 4.36. The van der Waals surface area contributed by atoms with Gasteiger partial charge >= 0.3 is 0 Å². The van der Waals surface area contributed by atoms with Crippen LogP contribution in [-0.4, -0.2) is 48.7 Å². The van der Waals surface area contributed by atoms with E-state index < -0.39 is 5.79 Å². The van der Waals surface area contributed by atoms with Crippen LogP contribution in [0.5, 0.6) is 0 Å². The fourth-order valence-electron chi connectivity index (χ4n) is 3.30. The number of piperidine rings is 1. The van der Waals surface area contributed by atoms with Crippen molar-refractivity contribution in [2.24, 2.45) is 0 Å². The Bertz CT molecular complexity index is 528. The molecule has 1 aromatic heterocycles. The zero-order chi connectivity index (χ0) is 14.3. The van der Waals surface area contributed by atoms with Crippen molar-refractivity contribution in [3.63, 3.8) is 0 Å². The molecule has 0 atom stereocenters. The summed E-state index contributed by atoms with van der Waals surface area (Å²) < 4.78 is 11.5. The van der Waals surface area contributed by atoms with E-state index in [4.69, 9.17) is 9.47 Å². The number of hydrogen-bond acceptors (Lipinski definition) is 5. The van der Waals surface area contributed by atoms with E-state index >= 15 is 0 Å². The Morgan fingerprint density at radius 1 is 1.33 bits per heavy atom. The average molecular weight is 325 g/mol. The summed E-state index contributed by atoms with van der Waals surface area (Å²) in [6.45, 7) is 2.67. The monoisotopic (exact) mass is 325 g/mol. The number of aryl methyl sites for hydroxylation is 1. The van der Waals surface area contributed by atoms with Gasteiger partial charge in [0, 0.05) is 23.6 Å². The van der Waals surface area contributed by atoms with Gasteiger partial charge in [-0.05, 0) is 30.2 Å². The van der Waals surface area contributed by atoms with E-state index in [0.29, 0.717) is 19.8 Å². The molecule has 3 aliphatic heterocycles. The SMILES string of the molecule is O=C(c1cc2c(s1)CCSC2)N1CCCC2(C1)OCCO2. The van der Waals surface area contributed by atoms with E-state index in [1.165, 1.54) is 16.2 Å². The Morgan fingerprint density at radius 2 is 2.19 bits per heavy atom. The molecule has 6 heteroatoms. The van der Waals surface area contributed by atoms with Crippen LogP contribution in [0.3, 0.4) is 0 Å². The molecule has 1 spiro atoms. The van der Waals surface area contributed by atoms with Crippen LogP contribution in [-0.2, 0) is 21.6 Å². The second kappa shape index (κ2) is 5.57. The van der Waals surface area contributed by atoms with Crippen LogP contribution in [0.1, 0.15) is 33.0 Å². The van der Waals surface area contributed by atoms with Gasteiger partial charge < -0.3 is 14.4 Å². The lowest BCUT2D eigenvalue weighted by Crippen LogP contribution is -2.50. The zero-order valence-corrected chi connectivity index (χ0v) is 13.6. The molecular weight excluding hydrogens is 306 g/mol. The molecule has 1 aromatic rings. The highest BCUT2D eigenvalue weighted by Gasteiger charge is 2.42. The van der Waals surface area contributed by atoms with Crippen molar-refractivity contribution in [1.82, 2.24) is 4.90 Å². The van der Waals surface area contributed by atoms with Gasteiger partial charge in [0.15, 0.2) is 5.79 Å². The van der Waals surface area contributed by atoms with Crippen molar-refractivity contribution in [2.75, 3.05) is 32.1 Å². The normalized spacial score (nSPS) is 24.3. The van der Waals surface area contributed by atoms with Gasteiger partial charge in [0.2, 0.25) is 0 Å². The van der Waals surface area contributed by atoms with Crippen LogP contribution < -0.4 is 0 Å². The Morgan fingerprint density at radius 3 is 3.00 bits per heavy atom. The number of nitrogens with zero attached hydrogens (tertiary/aromatic N) is 1. The third kappa shape index (κ3) is 2.63. The van der Waals surface area contributed by atoms with Gasteiger partial charge in [-0.25, -0.2) is 0 Å². The zero-order valence-electron chi connectivity index (χ0n) is 11.9. The first kappa shape index (κ1) is 14.1. The summed E-state index contributed by atoms with van der Waals surface area (Å²) in [5.74, 6) is 1.85. The lowest BCUT2D eigenvalue weighted by atomic mass is 10.0. The molecule has 0 aromatic carbocycles. The molecule has 0 bridgehead atoms. The Hall–Kier alpha value is -0.560. The van der Waals surface area contributed by atoms with Gasteiger partial charge in [-0.15, -0.1) is 11.3 Å². The minimum absolute atomic E-state index is 0.151. The minimum atomic E-state index is -0.527. The minimum Gasteiger partial charge on any atom is -0.346 e. The summed E-state index contributed by atoms with van der Waals surface area (Å²) in [7, 11) is 0. The molecule has 4 nitrogen and oxygen atoms in total. The number of carbonyl (C=O) groups is 1. The maximum atomic E-state index is 12.8. The first-order chi connectivity index (χ1) is 10.3. The van der Waals surface area contributed by atoms with E-state index in [1.54, 1.807) is 11.3 Å². The van der Waals surface area contributed by atoms with Crippen molar-refractivity contribution in [2.45, 2.75) is 30.8 Å². The maximum absolute atomic E-state index is 12.8. The molecular formula is C15H19NO3S2. The van der Waals surface area contributed by atoms with Crippen molar-refractivity contribution >= 4 is 29.0 Å². The lowest BCUT2D eigenvalue weighted by molar-refractivity contribution is -0.183. The summed E-state index contributed by atoms with van der Waals surface area (Å²) in [5, 5.41) is 0. The third-order valence-corrected chi connectivity index (χ3v) is 6.59. The van der Waals surface area contributed by atoms with E-state index in [2.05, 4.69) is 6.07 Å². The Kier molecular flexibility index (Phi) is 3.73. The summed E-state index contributed by atoms with van der Waals surface area (Å²) in [6.07, 6.45) is 2.95. The number of ether oxygens (including phenoxy) is 2. The van der Waals surface area contributed by atoms with Crippen LogP contribution in [0.2, 0.25) is 0 Å². The second-order valence-corrected chi connectivity index (χ2v) is 8.04. The molecule has 2 fully saturated rings. The fourth-order valence-corrected chi connectivity index (χ4v) is 5.64. The molecule has 0 saturated carbocycles. The molecule has 2 saturated heterocycles. The summed E-state index contributed by atoms with van der Waals surface area (Å²) in [5.41, 5.74) is 1.36. The predicted octanol–water partition coefficient (Wildman–Crippen LogP) is 2.52. The molecule has 4 rings (SSSR count). The van der Waals surface area contributed by atoms with Gasteiger partial charge in [0.05, 0.1) is 24.6 Å². The highest BCUT2D eigenvalue weighted by Crippen LogP contribution is 2.34. The Balaban J connectivity index is 1.52. The number of amides is 1. The van der Waals surface area contributed by atoms with Gasteiger partial charge in [-0.1, -0.05) is 0 Å². The van der Waals surface area contributed by atoms with Gasteiger partial charge in [0.1, 0.15) is 0 Å². The van der Waals surface area contributed by atoms with Crippen LogP contribution in [0.4, 0.5) is 0 Å². The van der Waals surface area contributed by atoms with Gasteiger partial charge in [-0.2, -0.15) is 11.8 Å². The number of thiophene rings is 1. The highest BCUT2D eigenvalue weighted by atomic mass is 32.2. The molecule has 114 valence electrons. The van der Waals surface area contributed by atoms with E-state index in [0.717, 1.165) is 36.4 Å². The predicted molar refractivity (Wildman–Crippen MR) is 84.0 cm³/mol. The highest BCUT2D eigenvalue weighted by molar-refractivity contribution is 7.98.